The summed E-state index contributed by atoms with van der Waals surface area (Å²) < 4.78 is 16.4. The largest absolute Gasteiger partial charge is 0.350 e. The second kappa shape index (κ2) is 8.70. The van der Waals surface area contributed by atoms with E-state index >= 15 is 0 Å². The lowest BCUT2D eigenvalue weighted by Crippen LogP contribution is -2.29. The molecule has 0 radical (unpaired) electrons. The van der Waals surface area contributed by atoms with Gasteiger partial charge >= 0.3 is 0 Å². The van der Waals surface area contributed by atoms with Crippen LogP contribution in [0.4, 0.5) is 4.39 Å². The lowest BCUT2D eigenvalue weighted by molar-refractivity contribution is -0.121. The van der Waals surface area contributed by atoms with E-state index in [0.717, 1.165) is 22.0 Å². The Hall–Kier alpha value is -4.26. The second-order valence-electron chi connectivity index (χ2n) is 7.87. The molecule has 0 aliphatic carbocycles. The summed E-state index contributed by atoms with van der Waals surface area (Å²) in [7, 11) is 0. The number of para-hydroxylation sites is 1. The number of benzene rings is 3. The van der Waals surface area contributed by atoms with Crippen molar-refractivity contribution in [1.29, 1.82) is 0 Å². The van der Waals surface area contributed by atoms with E-state index in [1.807, 2.05) is 54.6 Å². The van der Waals surface area contributed by atoms with Crippen LogP contribution in [-0.2, 0) is 24.4 Å². The number of carbonyl (C=O) groups is 1. The summed E-state index contributed by atoms with van der Waals surface area (Å²) in [5.74, 6) is -0.575. The average molecular weight is 440 g/mol. The van der Waals surface area contributed by atoms with Gasteiger partial charge in [0.15, 0.2) is 0 Å². The number of hydrogen-bond donors (Lipinski definition) is 1. The summed E-state index contributed by atoms with van der Waals surface area (Å²) in [5, 5.41) is 3.67. The van der Waals surface area contributed by atoms with Crippen molar-refractivity contribution >= 4 is 27.8 Å². The normalized spacial score (nSPS) is 11.2. The van der Waals surface area contributed by atoms with Gasteiger partial charge in [-0.1, -0.05) is 60.7 Å². The number of nitrogens with one attached hydrogen (secondary N) is 1. The van der Waals surface area contributed by atoms with Crippen LogP contribution in [0.2, 0.25) is 0 Å². The minimum absolute atomic E-state index is 0.0303. The summed E-state index contributed by atoms with van der Waals surface area (Å²) in [5.41, 5.74) is 3.31. The number of nitrogens with zero attached hydrogens (tertiary/aromatic N) is 3. The highest BCUT2D eigenvalue weighted by Crippen LogP contribution is 2.25. The average Bonchev–Trinajstić information content (AvgIpc) is 3.15. The summed E-state index contributed by atoms with van der Waals surface area (Å²) in [6, 6.07) is 23.2. The number of amides is 1. The van der Waals surface area contributed by atoms with Crippen LogP contribution in [0.25, 0.3) is 21.9 Å². The number of rotatable bonds is 6. The Morgan fingerprint density at radius 3 is 2.42 bits per heavy atom. The van der Waals surface area contributed by atoms with Crippen molar-refractivity contribution in [2.45, 2.75) is 19.6 Å². The predicted molar refractivity (Wildman–Crippen MR) is 125 cm³/mol. The van der Waals surface area contributed by atoms with Gasteiger partial charge in [-0.25, -0.2) is 9.37 Å². The molecule has 0 fully saturated rings. The summed E-state index contributed by atoms with van der Waals surface area (Å²) in [6.45, 7) is 0.630. The van der Waals surface area contributed by atoms with E-state index in [4.69, 9.17) is 0 Å². The molecule has 2 heterocycles. The molecule has 6 nitrogen and oxygen atoms in total. The first-order valence-corrected chi connectivity index (χ1v) is 10.6. The standard InChI is InChI=1S/C26H21FN4O2/c27-20-12-10-18(11-13-20)14-28-23(32)16-31-22-9-5-4-8-21(22)24-25(31)26(33)30(17-29-24)15-19-6-2-1-3-7-19/h1-13,17H,14-16H2,(H,28,32). The van der Waals surface area contributed by atoms with Crippen molar-refractivity contribution in [1.82, 2.24) is 19.4 Å². The van der Waals surface area contributed by atoms with Gasteiger partial charge in [0.05, 0.1) is 18.4 Å². The van der Waals surface area contributed by atoms with Gasteiger partial charge in [0, 0.05) is 11.9 Å². The van der Waals surface area contributed by atoms with Crippen molar-refractivity contribution in [3.05, 3.63) is 112 Å². The third-order valence-electron chi connectivity index (χ3n) is 5.63. The first kappa shape index (κ1) is 20.6. The van der Waals surface area contributed by atoms with Gasteiger partial charge in [-0.2, -0.15) is 0 Å². The smallest absolute Gasteiger partial charge is 0.278 e. The van der Waals surface area contributed by atoms with Crippen LogP contribution in [0.15, 0.2) is 90.0 Å². The molecule has 1 N–H and O–H groups in total. The summed E-state index contributed by atoms with van der Waals surface area (Å²) in [4.78, 5) is 30.8. The Balaban J connectivity index is 1.50. The fourth-order valence-electron chi connectivity index (χ4n) is 4.01. The molecule has 2 aromatic heterocycles. The van der Waals surface area contributed by atoms with E-state index in [1.165, 1.54) is 12.1 Å². The van der Waals surface area contributed by atoms with Crippen LogP contribution < -0.4 is 10.9 Å². The number of carbonyl (C=O) groups excluding carboxylic acids is 1. The van der Waals surface area contributed by atoms with Gasteiger partial charge < -0.3 is 9.88 Å². The van der Waals surface area contributed by atoms with Crippen LogP contribution in [0.1, 0.15) is 11.1 Å². The Morgan fingerprint density at radius 2 is 1.64 bits per heavy atom. The van der Waals surface area contributed by atoms with Crippen LogP contribution in [-0.4, -0.2) is 20.0 Å². The molecule has 0 spiro atoms. The highest BCUT2D eigenvalue weighted by Gasteiger charge is 2.18. The molecular formula is C26H21FN4O2. The lowest BCUT2D eigenvalue weighted by atomic mass is 10.2. The molecule has 5 aromatic rings. The molecule has 0 aliphatic rings. The maximum Gasteiger partial charge on any atom is 0.278 e. The van der Waals surface area contributed by atoms with Gasteiger partial charge in [0.1, 0.15) is 23.4 Å². The molecule has 0 unspecified atom stereocenters. The Labute approximate surface area is 188 Å². The summed E-state index contributed by atoms with van der Waals surface area (Å²) in [6.07, 6.45) is 1.56. The monoisotopic (exact) mass is 440 g/mol. The maximum absolute atomic E-state index is 13.5. The van der Waals surface area contributed by atoms with Gasteiger partial charge in [-0.15, -0.1) is 0 Å². The minimum atomic E-state index is -0.324. The van der Waals surface area contributed by atoms with Gasteiger partial charge in [0.25, 0.3) is 5.56 Å². The Bertz CT molecular complexity index is 1510. The number of halogens is 1. The number of hydrogen-bond acceptors (Lipinski definition) is 3. The molecule has 5 rings (SSSR count). The van der Waals surface area contributed by atoms with Crippen molar-refractivity contribution in [2.24, 2.45) is 0 Å². The molecule has 7 heteroatoms. The lowest BCUT2D eigenvalue weighted by Gasteiger charge is -2.10. The number of aromatic nitrogens is 3. The van der Waals surface area contributed by atoms with E-state index < -0.39 is 0 Å². The van der Waals surface area contributed by atoms with Crippen molar-refractivity contribution in [2.75, 3.05) is 0 Å². The predicted octanol–water partition coefficient (Wildman–Crippen LogP) is 3.86. The van der Waals surface area contributed by atoms with Gasteiger partial charge in [-0.3, -0.25) is 14.2 Å². The van der Waals surface area contributed by atoms with Crippen LogP contribution in [0.3, 0.4) is 0 Å². The molecule has 0 saturated heterocycles. The zero-order valence-electron chi connectivity index (χ0n) is 17.7. The van der Waals surface area contributed by atoms with E-state index in [2.05, 4.69) is 10.3 Å². The molecule has 0 atom stereocenters. The highest BCUT2D eigenvalue weighted by atomic mass is 19.1. The Morgan fingerprint density at radius 1 is 0.909 bits per heavy atom. The first-order chi connectivity index (χ1) is 16.1. The van der Waals surface area contributed by atoms with Gasteiger partial charge in [0.2, 0.25) is 5.91 Å². The second-order valence-corrected chi connectivity index (χ2v) is 7.87. The van der Waals surface area contributed by atoms with E-state index in [1.54, 1.807) is 27.6 Å². The third kappa shape index (κ3) is 4.13. The maximum atomic E-state index is 13.5. The molecule has 164 valence electrons. The van der Waals surface area contributed by atoms with Crippen LogP contribution in [0.5, 0.6) is 0 Å². The van der Waals surface area contributed by atoms with E-state index in [9.17, 15) is 14.0 Å². The SMILES string of the molecule is O=C(Cn1c2ccccc2c2ncn(Cc3ccccc3)c(=O)c21)NCc1ccc(F)cc1. The van der Waals surface area contributed by atoms with Crippen molar-refractivity contribution in [3.8, 4) is 0 Å². The van der Waals surface area contributed by atoms with Crippen LogP contribution >= 0.6 is 0 Å². The minimum Gasteiger partial charge on any atom is -0.350 e. The molecule has 33 heavy (non-hydrogen) atoms. The quantitative estimate of drug-likeness (QED) is 0.436. The van der Waals surface area contributed by atoms with E-state index in [-0.39, 0.29) is 30.4 Å². The topological polar surface area (TPSA) is 68.9 Å². The molecule has 3 aromatic carbocycles. The highest BCUT2D eigenvalue weighted by molar-refractivity contribution is 6.06. The molecular weight excluding hydrogens is 419 g/mol. The molecule has 0 saturated carbocycles. The molecule has 0 aliphatic heterocycles. The molecule has 1 amide bonds. The van der Waals surface area contributed by atoms with Crippen LogP contribution in [0, 0.1) is 5.82 Å². The Kier molecular flexibility index (Phi) is 5.44. The third-order valence-corrected chi connectivity index (χ3v) is 5.63. The summed E-state index contributed by atoms with van der Waals surface area (Å²) >= 11 is 0. The van der Waals surface area contributed by atoms with E-state index in [0.29, 0.717) is 17.6 Å². The first-order valence-electron chi connectivity index (χ1n) is 10.6. The molecule has 0 bridgehead atoms. The van der Waals surface area contributed by atoms with Crippen molar-refractivity contribution in [3.63, 3.8) is 0 Å². The zero-order chi connectivity index (χ0) is 22.8. The van der Waals surface area contributed by atoms with Gasteiger partial charge in [-0.05, 0) is 29.3 Å². The fourth-order valence-corrected chi connectivity index (χ4v) is 4.01. The fraction of sp³-hybridized carbons (Fsp3) is 0.115. The van der Waals surface area contributed by atoms with Crippen molar-refractivity contribution < 1.29 is 9.18 Å². The zero-order valence-corrected chi connectivity index (χ0v) is 17.7. The number of fused-ring (bicyclic) bond motifs is 3.